The Hall–Kier alpha value is -1.40. The van der Waals surface area contributed by atoms with Crippen LogP contribution in [0.1, 0.15) is 17.3 Å². The Morgan fingerprint density at radius 2 is 2.00 bits per heavy atom. The Balaban J connectivity index is 2.33. The van der Waals surface area contributed by atoms with Crippen molar-refractivity contribution in [2.45, 2.75) is 6.04 Å². The molecule has 2 N–H and O–H groups in total. The molecule has 1 unspecified atom stereocenters. The number of aryl methyl sites for hydroxylation is 1. The predicted molar refractivity (Wildman–Crippen MR) is 67.7 cm³/mol. The summed E-state index contributed by atoms with van der Waals surface area (Å²) in [4.78, 5) is 0. The fourth-order valence-electron chi connectivity index (χ4n) is 1.64. The van der Waals surface area contributed by atoms with E-state index in [0.29, 0.717) is 4.60 Å². The third kappa shape index (κ3) is 2.32. The van der Waals surface area contributed by atoms with Gasteiger partial charge >= 0.3 is 0 Å². The number of methoxy groups -OCH3 is 1. The summed E-state index contributed by atoms with van der Waals surface area (Å²) in [6.45, 7) is 0. The van der Waals surface area contributed by atoms with E-state index in [1.165, 1.54) is 0 Å². The van der Waals surface area contributed by atoms with Crippen LogP contribution in [-0.2, 0) is 7.05 Å². The zero-order valence-corrected chi connectivity index (χ0v) is 11.2. The summed E-state index contributed by atoms with van der Waals surface area (Å²) >= 11 is 3.34. The molecule has 2 aromatic rings. The first-order valence-electron chi connectivity index (χ1n) is 5.08. The molecule has 0 fully saturated rings. The quantitative estimate of drug-likeness (QED) is 0.935. The number of hydrogen-bond donors (Lipinski definition) is 1. The lowest BCUT2D eigenvalue weighted by molar-refractivity contribution is 0.414. The molecule has 6 heteroatoms. The van der Waals surface area contributed by atoms with E-state index < -0.39 is 0 Å². The summed E-state index contributed by atoms with van der Waals surface area (Å²) < 4.78 is 7.44. The fraction of sp³-hybridized carbons (Fsp3) is 0.273. The van der Waals surface area contributed by atoms with Gasteiger partial charge in [0.05, 0.1) is 18.8 Å². The molecule has 1 atom stereocenters. The van der Waals surface area contributed by atoms with E-state index in [1.54, 1.807) is 11.8 Å². The second kappa shape index (κ2) is 4.85. The third-order valence-corrected chi connectivity index (χ3v) is 3.16. The lowest BCUT2D eigenvalue weighted by Crippen LogP contribution is -2.16. The van der Waals surface area contributed by atoms with Crippen LogP contribution in [0.3, 0.4) is 0 Å². The van der Waals surface area contributed by atoms with Gasteiger partial charge < -0.3 is 10.5 Å². The number of aromatic nitrogens is 3. The monoisotopic (exact) mass is 296 g/mol. The van der Waals surface area contributed by atoms with Crippen molar-refractivity contribution in [2.24, 2.45) is 12.8 Å². The first-order valence-corrected chi connectivity index (χ1v) is 5.87. The van der Waals surface area contributed by atoms with Crippen LogP contribution >= 0.6 is 15.9 Å². The van der Waals surface area contributed by atoms with E-state index in [2.05, 4.69) is 26.2 Å². The highest BCUT2D eigenvalue weighted by Gasteiger charge is 2.17. The van der Waals surface area contributed by atoms with Gasteiger partial charge in [0.15, 0.2) is 4.60 Å². The van der Waals surface area contributed by atoms with Gasteiger partial charge in [0.1, 0.15) is 5.75 Å². The maximum atomic E-state index is 6.18. The van der Waals surface area contributed by atoms with Crippen molar-refractivity contribution < 1.29 is 4.74 Å². The molecule has 0 aliphatic carbocycles. The van der Waals surface area contributed by atoms with Crippen molar-refractivity contribution in [3.63, 3.8) is 0 Å². The second-order valence-corrected chi connectivity index (χ2v) is 4.39. The molecule has 1 aromatic carbocycles. The van der Waals surface area contributed by atoms with Gasteiger partial charge in [0, 0.05) is 7.05 Å². The number of rotatable bonds is 3. The van der Waals surface area contributed by atoms with Crippen molar-refractivity contribution in [3.8, 4) is 5.75 Å². The van der Waals surface area contributed by atoms with Crippen molar-refractivity contribution in [2.75, 3.05) is 7.11 Å². The number of halogens is 1. The van der Waals surface area contributed by atoms with Crippen LogP contribution in [0.5, 0.6) is 5.75 Å². The zero-order chi connectivity index (χ0) is 12.4. The Morgan fingerprint density at radius 1 is 1.35 bits per heavy atom. The normalized spacial score (nSPS) is 12.5. The Labute approximate surface area is 108 Å². The molecule has 90 valence electrons. The van der Waals surface area contributed by atoms with Crippen LogP contribution < -0.4 is 10.5 Å². The van der Waals surface area contributed by atoms with Crippen molar-refractivity contribution in [3.05, 3.63) is 40.1 Å². The fourth-order valence-corrected chi connectivity index (χ4v) is 2.21. The van der Waals surface area contributed by atoms with Gasteiger partial charge in [-0.2, -0.15) is 0 Å². The van der Waals surface area contributed by atoms with Crippen molar-refractivity contribution in [1.29, 1.82) is 0 Å². The van der Waals surface area contributed by atoms with Gasteiger partial charge in [-0.05, 0) is 33.6 Å². The molecule has 0 bridgehead atoms. The molecule has 0 aliphatic heterocycles. The van der Waals surface area contributed by atoms with Gasteiger partial charge in [0.25, 0.3) is 0 Å². The molecular weight excluding hydrogens is 284 g/mol. The molecule has 0 spiro atoms. The number of nitrogens with zero attached hydrogens (tertiary/aromatic N) is 3. The average Bonchev–Trinajstić information content (AvgIpc) is 2.68. The first-order chi connectivity index (χ1) is 8.13. The lowest BCUT2D eigenvalue weighted by Gasteiger charge is -2.12. The summed E-state index contributed by atoms with van der Waals surface area (Å²) in [5, 5.41) is 7.83. The Morgan fingerprint density at radius 3 is 2.47 bits per heavy atom. The van der Waals surface area contributed by atoms with E-state index in [0.717, 1.165) is 17.0 Å². The summed E-state index contributed by atoms with van der Waals surface area (Å²) in [6.07, 6.45) is 0. The molecule has 17 heavy (non-hydrogen) atoms. The topological polar surface area (TPSA) is 66.0 Å². The highest BCUT2D eigenvalue weighted by atomic mass is 79.9. The number of nitrogens with two attached hydrogens (primary N) is 1. The molecule has 0 saturated carbocycles. The molecule has 0 radical (unpaired) electrons. The van der Waals surface area contributed by atoms with E-state index in [9.17, 15) is 0 Å². The predicted octanol–water partition coefficient (Wildman–Crippen LogP) is 1.63. The molecule has 0 saturated heterocycles. The third-order valence-electron chi connectivity index (χ3n) is 2.60. The van der Waals surface area contributed by atoms with Gasteiger partial charge in [-0.1, -0.05) is 17.3 Å². The largest absolute Gasteiger partial charge is 0.497 e. The van der Waals surface area contributed by atoms with Crippen LogP contribution in [0, 0.1) is 0 Å². The van der Waals surface area contributed by atoms with Crippen LogP contribution in [0.15, 0.2) is 28.9 Å². The molecule has 5 nitrogen and oxygen atoms in total. The highest BCUT2D eigenvalue weighted by Crippen LogP contribution is 2.25. The van der Waals surface area contributed by atoms with E-state index >= 15 is 0 Å². The Kier molecular flexibility index (Phi) is 3.44. The molecular formula is C11H13BrN4O. The molecule has 2 rings (SSSR count). The summed E-state index contributed by atoms with van der Waals surface area (Å²) in [5.74, 6) is 0.808. The minimum absolute atomic E-state index is 0.268. The maximum absolute atomic E-state index is 6.18. The minimum Gasteiger partial charge on any atom is -0.497 e. The van der Waals surface area contributed by atoms with Gasteiger partial charge in [0.2, 0.25) is 0 Å². The van der Waals surface area contributed by atoms with Crippen LogP contribution in [-0.4, -0.2) is 22.1 Å². The van der Waals surface area contributed by atoms with Crippen LogP contribution in [0.25, 0.3) is 0 Å². The second-order valence-electron chi connectivity index (χ2n) is 3.64. The molecule has 0 aliphatic rings. The van der Waals surface area contributed by atoms with E-state index in [4.69, 9.17) is 10.5 Å². The number of ether oxygens (including phenoxy) is 1. The molecule has 0 amide bonds. The lowest BCUT2D eigenvalue weighted by atomic mass is 10.1. The van der Waals surface area contributed by atoms with Crippen molar-refractivity contribution in [1.82, 2.24) is 15.0 Å². The van der Waals surface area contributed by atoms with Gasteiger partial charge in [-0.25, -0.2) is 4.68 Å². The summed E-state index contributed by atoms with van der Waals surface area (Å²) in [7, 11) is 3.45. The van der Waals surface area contributed by atoms with Gasteiger partial charge in [-0.3, -0.25) is 0 Å². The van der Waals surface area contributed by atoms with Crippen LogP contribution in [0.4, 0.5) is 0 Å². The standard InChI is InChI=1S/C11H13BrN4O/c1-16-10(11(12)14-15-16)9(13)7-3-5-8(17-2)6-4-7/h3-6,9H,13H2,1-2H3. The summed E-state index contributed by atoms with van der Waals surface area (Å²) in [6, 6.07) is 7.36. The first kappa shape index (κ1) is 12.1. The van der Waals surface area contributed by atoms with E-state index in [1.807, 2.05) is 31.3 Å². The zero-order valence-electron chi connectivity index (χ0n) is 9.59. The SMILES string of the molecule is COc1ccc(C(N)c2c(Br)nnn2C)cc1. The van der Waals surface area contributed by atoms with Gasteiger partial charge in [-0.15, -0.1) is 5.10 Å². The van der Waals surface area contributed by atoms with E-state index in [-0.39, 0.29) is 6.04 Å². The smallest absolute Gasteiger partial charge is 0.153 e. The Bertz CT molecular complexity index is 489. The maximum Gasteiger partial charge on any atom is 0.153 e. The average molecular weight is 297 g/mol. The molecule has 1 aromatic heterocycles. The highest BCUT2D eigenvalue weighted by molar-refractivity contribution is 9.10. The minimum atomic E-state index is -0.268. The summed E-state index contributed by atoms with van der Waals surface area (Å²) in [5.41, 5.74) is 8.01. The number of hydrogen-bond acceptors (Lipinski definition) is 4. The van der Waals surface area contributed by atoms with Crippen molar-refractivity contribution >= 4 is 15.9 Å². The van der Waals surface area contributed by atoms with Crippen LogP contribution in [0.2, 0.25) is 0 Å². The molecule has 1 heterocycles. The number of benzene rings is 1.